The third-order valence-corrected chi connectivity index (χ3v) is 5.43. The maximum atomic E-state index is 11.8. The average Bonchev–Trinajstić information content (AvgIpc) is 2.55. The summed E-state index contributed by atoms with van der Waals surface area (Å²) in [7, 11) is -2.49. The standard InChI is InChI=1S/C15H16BrN3O4S/c1-10-3-4-12(16)7-11(10)9-18-14-6-5-13(24(22,23)17-2)8-15(14)19(20)21/h3-8,17-18H,9H2,1-2H3. The summed E-state index contributed by atoms with van der Waals surface area (Å²) in [4.78, 5) is 10.5. The molecule has 0 unspecified atom stereocenters. The third-order valence-electron chi connectivity index (χ3n) is 3.53. The molecule has 2 aromatic rings. The maximum Gasteiger partial charge on any atom is 0.293 e. The van der Waals surface area contributed by atoms with Crippen molar-refractivity contribution in [2.75, 3.05) is 12.4 Å². The van der Waals surface area contributed by atoms with Crippen molar-refractivity contribution in [3.05, 3.63) is 62.1 Å². The van der Waals surface area contributed by atoms with Crippen LogP contribution in [0.2, 0.25) is 0 Å². The van der Waals surface area contributed by atoms with Crippen LogP contribution in [-0.4, -0.2) is 20.4 Å². The van der Waals surface area contributed by atoms with E-state index in [9.17, 15) is 18.5 Å². The smallest absolute Gasteiger partial charge is 0.293 e. The van der Waals surface area contributed by atoms with Crippen LogP contribution in [0.3, 0.4) is 0 Å². The number of nitro groups is 1. The molecule has 24 heavy (non-hydrogen) atoms. The van der Waals surface area contributed by atoms with Gasteiger partial charge in [0.1, 0.15) is 5.69 Å². The van der Waals surface area contributed by atoms with Gasteiger partial charge < -0.3 is 5.32 Å². The van der Waals surface area contributed by atoms with E-state index in [0.717, 1.165) is 21.7 Å². The highest BCUT2D eigenvalue weighted by molar-refractivity contribution is 9.10. The molecule has 0 aliphatic rings. The highest BCUT2D eigenvalue weighted by Gasteiger charge is 2.20. The van der Waals surface area contributed by atoms with Crippen molar-refractivity contribution in [2.24, 2.45) is 0 Å². The van der Waals surface area contributed by atoms with E-state index >= 15 is 0 Å². The Morgan fingerprint density at radius 3 is 2.54 bits per heavy atom. The van der Waals surface area contributed by atoms with Crippen LogP contribution in [0, 0.1) is 17.0 Å². The van der Waals surface area contributed by atoms with Crippen molar-refractivity contribution in [1.82, 2.24) is 4.72 Å². The summed E-state index contributed by atoms with van der Waals surface area (Å²) in [6.07, 6.45) is 0. The lowest BCUT2D eigenvalue weighted by Gasteiger charge is -2.11. The minimum atomic E-state index is -3.74. The second-order valence-electron chi connectivity index (χ2n) is 5.07. The predicted octanol–water partition coefficient (Wildman–Crippen LogP) is 3.19. The van der Waals surface area contributed by atoms with Crippen molar-refractivity contribution in [3.63, 3.8) is 0 Å². The number of rotatable bonds is 6. The van der Waals surface area contributed by atoms with Crippen LogP contribution in [0.25, 0.3) is 0 Å². The first-order chi connectivity index (χ1) is 11.2. The van der Waals surface area contributed by atoms with E-state index in [0.29, 0.717) is 6.54 Å². The number of benzene rings is 2. The molecule has 0 radical (unpaired) electrons. The van der Waals surface area contributed by atoms with E-state index in [1.54, 1.807) is 0 Å². The fourth-order valence-electron chi connectivity index (χ4n) is 2.12. The van der Waals surface area contributed by atoms with Crippen LogP contribution in [0.5, 0.6) is 0 Å². The molecule has 128 valence electrons. The van der Waals surface area contributed by atoms with Gasteiger partial charge in [-0.3, -0.25) is 10.1 Å². The molecular formula is C15H16BrN3O4S. The zero-order valence-electron chi connectivity index (χ0n) is 13.0. The summed E-state index contributed by atoms with van der Waals surface area (Å²) in [5, 5.41) is 14.3. The minimum absolute atomic E-state index is 0.152. The first-order valence-corrected chi connectivity index (χ1v) is 9.23. The van der Waals surface area contributed by atoms with Gasteiger partial charge in [0, 0.05) is 17.1 Å². The first-order valence-electron chi connectivity index (χ1n) is 6.95. The Morgan fingerprint density at radius 2 is 1.92 bits per heavy atom. The number of halogens is 1. The van der Waals surface area contributed by atoms with Crippen LogP contribution >= 0.6 is 15.9 Å². The van der Waals surface area contributed by atoms with Gasteiger partial charge in [-0.25, -0.2) is 13.1 Å². The number of nitrogens with zero attached hydrogens (tertiary/aromatic N) is 1. The molecule has 2 N–H and O–H groups in total. The topological polar surface area (TPSA) is 101 Å². The van der Waals surface area contributed by atoms with Gasteiger partial charge in [0.2, 0.25) is 10.0 Å². The molecule has 2 rings (SSSR count). The Kier molecular flexibility index (Phi) is 5.58. The van der Waals surface area contributed by atoms with Crippen LogP contribution in [0.4, 0.5) is 11.4 Å². The second kappa shape index (κ2) is 7.29. The van der Waals surface area contributed by atoms with Gasteiger partial charge in [0.25, 0.3) is 5.69 Å². The van der Waals surface area contributed by atoms with Gasteiger partial charge in [-0.2, -0.15) is 0 Å². The largest absolute Gasteiger partial charge is 0.375 e. The molecule has 7 nitrogen and oxygen atoms in total. The molecule has 2 aromatic carbocycles. The van der Waals surface area contributed by atoms with Gasteiger partial charge >= 0.3 is 0 Å². The Balaban J connectivity index is 2.33. The van der Waals surface area contributed by atoms with Crippen molar-refractivity contribution >= 4 is 37.3 Å². The highest BCUT2D eigenvalue weighted by Crippen LogP contribution is 2.28. The molecule has 0 saturated carbocycles. The predicted molar refractivity (Wildman–Crippen MR) is 95.5 cm³/mol. The molecule has 0 amide bonds. The molecule has 0 aromatic heterocycles. The summed E-state index contributed by atoms with van der Waals surface area (Å²) in [6.45, 7) is 2.32. The van der Waals surface area contributed by atoms with E-state index in [1.165, 1.54) is 19.2 Å². The van der Waals surface area contributed by atoms with Crippen LogP contribution in [0.15, 0.2) is 45.8 Å². The van der Waals surface area contributed by atoms with Crippen molar-refractivity contribution < 1.29 is 13.3 Å². The molecule has 0 saturated heterocycles. The quantitative estimate of drug-likeness (QED) is 0.559. The Hall–Kier alpha value is -1.97. The SMILES string of the molecule is CNS(=O)(=O)c1ccc(NCc2cc(Br)ccc2C)c([N+](=O)[O-])c1. The summed E-state index contributed by atoms with van der Waals surface area (Å²) in [5.41, 5.74) is 1.99. The van der Waals surface area contributed by atoms with Gasteiger partial charge in [0.05, 0.1) is 9.82 Å². The molecule has 0 aliphatic heterocycles. The van der Waals surface area contributed by atoms with Crippen molar-refractivity contribution in [3.8, 4) is 0 Å². The third kappa shape index (κ3) is 4.11. The normalized spacial score (nSPS) is 11.3. The molecule has 0 fully saturated rings. The van der Waals surface area contributed by atoms with E-state index in [2.05, 4.69) is 26.0 Å². The fraction of sp³-hybridized carbons (Fsp3) is 0.200. The summed E-state index contributed by atoms with van der Waals surface area (Å²) >= 11 is 3.39. The van der Waals surface area contributed by atoms with Gasteiger partial charge in [-0.1, -0.05) is 22.0 Å². The number of hydrogen-bond acceptors (Lipinski definition) is 5. The summed E-state index contributed by atoms with van der Waals surface area (Å²) < 4.78 is 26.6. The number of sulfonamides is 1. The molecule has 0 bridgehead atoms. The zero-order chi connectivity index (χ0) is 17.9. The number of nitro benzene ring substituents is 1. The molecular weight excluding hydrogens is 398 g/mol. The fourth-order valence-corrected chi connectivity index (χ4v) is 3.28. The van der Waals surface area contributed by atoms with Gasteiger partial charge in [-0.15, -0.1) is 0 Å². The van der Waals surface area contributed by atoms with Crippen molar-refractivity contribution in [2.45, 2.75) is 18.4 Å². The monoisotopic (exact) mass is 413 g/mol. The second-order valence-corrected chi connectivity index (χ2v) is 7.87. The Labute approximate surface area is 148 Å². The number of nitrogens with one attached hydrogen (secondary N) is 2. The Morgan fingerprint density at radius 1 is 1.21 bits per heavy atom. The lowest BCUT2D eigenvalue weighted by Crippen LogP contribution is -2.18. The van der Waals surface area contributed by atoms with Crippen LogP contribution in [-0.2, 0) is 16.6 Å². The zero-order valence-corrected chi connectivity index (χ0v) is 15.4. The van der Waals surface area contributed by atoms with Crippen LogP contribution < -0.4 is 10.0 Å². The number of hydrogen-bond donors (Lipinski definition) is 2. The van der Waals surface area contributed by atoms with E-state index < -0.39 is 14.9 Å². The minimum Gasteiger partial charge on any atom is -0.375 e. The lowest BCUT2D eigenvalue weighted by atomic mass is 10.1. The van der Waals surface area contributed by atoms with Crippen LogP contribution in [0.1, 0.15) is 11.1 Å². The van der Waals surface area contributed by atoms with Gasteiger partial charge in [-0.05, 0) is 49.4 Å². The summed E-state index contributed by atoms with van der Waals surface area (Å²) in [6, 6.07) is 9.55. The van der Waals surface area contributed by atoms with Gasteiger partial charge in [0.15, 0.2) is 0 Å². The van der Waals surface area contributed by atoms with E-state index in [4.69, 9.17) is 0 Å². The first kappa shape index (κ1) is 18.4. The maximum absolute atomic E-state index is 11.8. The van der Waals surface area contributed by atoms with E-state index in [-0.39, 0.29) is 16.3 Å². The van der Waals surface area contributed by atoms with Crippen molar-refractivity contribution in [1.29, 1.82) is 0 Å². The lowest BCUT2D eigenvalue weighted by molar-refractivity contribution is -0.384. The highest BCUT2D eigenvalue weighted by atomic mass is 79.9. The number of anilines is 1. The van der Waals surface area contributed by atoms with E-state index in [1.807, 2.05) is 25.1 Å². The summed E-state index contributed by atoms with van der Waals surface area (Å²) in [5.74, 6) is 0. The molecule has 0 spiro atoms. The molecule has 0 aliphatic carbocycles. The Bertz CT molecular complexity index is 884. The molecule has 0 atom stereocenters. The molecule has 0 heterocycles. The molecule has 9 heteroatoms. The number of aryl methyl sites for hydroxylation is 1. The average molecular weight is 414 g/mol.